The molecule has 1 N–H and O–H groups in total. The Labute approximate surface area is 171 Å². The number of nitrogens with one attached hydrogen (secondary N) is 1. The summed E-state index contributed by atoms with van der Waals surface area (Å²) in [6, 6.07) is 9.92. The highest BCUT2D eigenvalue weighted by molar-refractivity contribution is 7.08. The molecule has 0 unspecified atom stereocenters. The molecule has 1 aliphatic heterocycles. The molecular weight excluding hydrogens is 382 g/mol. The van der Waals surface area contributed by atoms with E-state index in [9.17, 15) is 4.79 Å². The van der Waals surface area contributed by atoms with Gasteiger partial charge < -0.3 is 4.98 Å². The summed E-state index contributed by atoms with van der Waals surface area (Å²) in [6.45, 7) is 2.19. The molecule has 5 heterocycles. The van der Waals surface area contributed by atoms with Gasteiger partial charge in [-0.15, -0.1) is 0 Å². The van der Waals surface area contributed by atoms with Crippen LogP contribution in [0, 0.1) is 0 Å². The second-order valence-electron chi connectivity index (χ2n) is 7.07. The van der Waals surface area contributed by atoms with Gasteiger partial charge in [0.15, 0.2) is 0 Å². The monoisotopic (exact) mass is 401 g/mol. The minimum Gasteiger partial charge on any atom is -0.306 e. The maximum absolute atomic E-state index is 12.8. The van der Waals surface area contributed by atoms with Gasteiger partial charge in [0.05, 0.1) is 17.0 Å². The molecule has 4 aromatic heterocycles. The van der Waals surface area contributed by atoms with Crippen molar-refractivity contribution >= 4 is 11.3 Å². The first-order valence-electron chi connectivity index (χ1n) is 9.49. The van der Waals surface area contributed by atoms with Crippen LogP contribution in [0.2, 0.25) is 0 Å². The van der Waals surface area contributed by atoms with Crippen LogP contribution in [0.5, 0.6) is 0 Å². The van der Waals surface area contributed by atoms with Gasteiger partial charge in [-0.1, -0.05) is 6.07 Å². The first-order valence-corrected chi connectivity index (χ1v) is 10.4. The van der Waals surface area contributed by atoms with Crippen LogP contribution in [-0.4, -0.2) is 31.4 Å². The van der Waals surface area contributed by atoms with Crippen molar-refractivity contribution in [1.82, 2.24) is 24.8 Å². The highest BCUT2D eigenvalue weighted by atomic mass is 32.1. The largest absolute Gasteiger partial charge is 0.306 e. The fourth-order valence-electron chi connectivity index (χ4n) is 3.72. The minimum absolute atomic E-state index is 0.0669. The Morgan fingerprint density at radius 1 is 1.14 bits per heavy atom. The molecule has 6 nitrogen and oxygen atoms in total. The number of aromatic amines is 1. The molecule has 4 aromatic rings. The Morgan fingerprint density at radius 2 is 2.07 bits per heavy atom. The molecule has 0 spiro atoms. The number of hydrogen-bond donors (Lipinski definition) is 1. The van der Waals surface area contributed by atoms with Gasteiger partial charge in [0.2, 0.25) is 0 Å². The van der Waals surface area contributed by atoms with Gasteiger partial charge in [-0.05, 0) is 35.2 Å². The summed E-state index contributed by atoms with van der Waals surface area (Å²) in [5.74, 6) is 0.585. The second kappa shape index (κ2) is 7.69. The maximum atomic E-state index is 12.8. The van der Waals surface area contributed by atoms with E-state index in [1.807, 2.05) is 24.4 Å². The topological polar surface area (TPSA) is 74.8 Å². The van der Waals surface area contributed by atoms with E-state index < -0.39 is 0 Å². The molecule has 0 aliphatic carbocycles. The number of pyridine rings is 2. The van der Waals surface area contributed by atoms with Gasteiger partial charge in [-0.3, -0.25) is 19.7 Å². The molecule has 144 valence electrons. The molecular formula is C22H19N5OS. The van der Waals surface area contributed by atoms with Gasteiger partial charge >= 0.3 is 0 Å². The van der Waals surface area contributed by atoms with E-state index in [2.05, 4.69) is 42.7 Å². The zero-order valence-electron chi connectivity index (χ0n) is 15.7. The van der Waals surface area contributed by atoms with E-state index >= 15 is 0 Å². The lowest BCUT2D eigenvalue weighted by molar-refractivity contribution is 0.242. The van der Waals surface area contributed by atoms with Crippen LogP contribution in [-0.2, 0) is 19.5 Å². The third kappa shape index (κ3) is 3.62. The normalized spacial score (nSPS) is 13.9. The van der Waals surface area contributed by atoms with Crippen LogP contribution >= 0.6 is 11.3 Å². The Kier molecular flexibility index (Phi) is 4.75. The molecule has 0 bridgehead atoms. The molecule has 29 heavy (non-hydrogen) atoms. The Bertz CT molecular complexity index is 1190. The predicted molar refractivity (Wildman–Crippen MR) is 113 cm³/mol. The molecule has 1 aliphatic rings. The SMILES string of the molecule is O=c1[nH]c(-c2cccnc2)nc2c1CN(Cc1cccnc1-c1ccsc1)CC2. The highest BCUT2D eigenvalue weighted by Gasteiger charge is 2.22. The molecule has 5 rings (SSSR count). The molecule has 0 aromatic carbocycles. The summed E-state index contributed by atoms with van der Waals surface area (Å²) in [5.41, 5.74) is 5.72. The minimum atomic E-state index is -0.0669. The summed E-state index contributed by atoms with van der Waals surface area (Å²) < 4.78 is 0. The molecule has 0 atom stereocenters. The van der Waals surface area contributed by atoms with Crippen molar-refractivity contribution in [3.63, 3.8) is 0 Å². The number of thiophene rings is 1. The standard InChI is InChI=1S/C22H19N5OS/c28-22-18-13-27(12-16-4-2-8-24-20(16)17-6-10-29-14-17)9-5-19(18)25-21(26-22)15-3-1-7-23-11-15/h1-4,6-8,10-11,14H,5,9,12-13H2,(H,25,26,28). The Morgan fingerprint density at radius 3 is 2.90 bits per heavy atom. The van der Waals surface area contributed by atoms with Crippen LogP contribution in [0.4, 0.5) is 0 Å². The van der Waals surface area contributed by atoms with E-state index in [0.29, 0.717) is 12.4 Å². The van der Waals surface area contributed by atoms with E-state index in [-0.39, 0.29) is 5.56 Å². The van der Waals surface area contributed by atoms with Crippen LogP contribution in [0.1, 0.15) is 16.8 Å². The summed E-state index contributed by atoms with van der Waals surface area (Å²) in [7, 11) is 0. The summed E-state index contributed by atoms with van der Waals surface area (Å²) in [6.07, 6.45) is 6.01. The van der Waals surface area contributed by atoms with Crippen LogP contribution in [0.25, 0.3) is 22.6 Å². The number of hydrogen-bond acceptors (Lipinski definition) is 6. The summed E-state index contributed by atoms with van der Waals surface area (Å²) in [4.78, 5) is 31.4. The van der Waals surface area contributed by atoms with Crippen LogP contribution < -0.4 is 5.56 Å². The lowest BCUT2D eigenvalue weighted by Gasteiger charge is -2.28. The van der Waals surface area contributed by atoms with E-state index in [0.717, 1.165) is 47.6 Å². The number of aromatic nitrogens is 4. The third-order valence-corrected chi connectivity index (χ3v) is 5.85. The molecule has 0 amide bonds. The van der Waals surface area contributed by atoms with Crippen LogP contribution in [0.15, 0.2) is 64.5 Å². The fourth-order valence-corrected chi connectivity index (χ4v) is 4.36. The van der Waals surface area contributed by atoms with Crippen molar-refractivity contribution in [2.45, 2.75) is 19.5 Å². The quantitative estimate of drug-likeness (QED) is 0.566. The molecule has 0 saturated heterocycles. The summed E-state index contributed by atoms with van der Waals surface area (Å²) in [5, 5.41) is 4.18. The average molecular weight is 401 g/mol. The number of fused-ring (bicyclic) bond motifs is 1. The zero-order chi connectivity index (χ0) is 19.6. The number of rotatable bonds is 4. The smallest absolute Gasteiger partial charge is 0.255 e. The molecule has 7 heteroatoms. The first-order chi connectivity index (χ1) is 14.3. The molecule has 0 fully saturated rings. The van der Waals surface area contributed by atoms with Gasteiger partial charge in [0, 0.05) is 61.2 Å². The van der Waals surface area contributed by atoms with E-state index in [1.54, 1.807) is 23.7 Å². The lowest BCUT2D eigenvalue weighted by atomic mass is 10.0. The van der Waals surface area contributed by atoms with Crippen molar-refractivity contribution in [1.29, 1.82) is 0 Å². The van der Waals surface area contributed by atoms with Gasteiger partial charge in [0.25, 0.3) is 5.56 Å². The second-order valence-corrected chi connectivity index (χ2v) is 7.85. The summed E-state index contributed by atoms with van der Waals surface area (Å²) >= 11 is 1.67. The van der Waals surface area contributed by atoms with Gasteiger partial charge in [0.1, 0.15) is 5.82 Å². The highest BCUT2D eigenvalue weighted by Crippen LogP contribution is 2.26. The lowest BCUT2D eigenvalue weighted by Crippen LogP contribution is -2.35. The van der Waals surface area contributed by atoms with Crippen molar-refractivity contribution in [3.8, 4) is 22.6 Å². The molecule has 0 saturated carbocycles. The van der Waals surface area contributed by atoms with Gasteiger partial charge in [-0.25, -0.2) is 4.98 Å². The third-order valence-electron chi connectivity index (χ3n) is 5.16. The maximum Gasteiger partial charge on any atom is 0.255 e. The van der Waals surface area contributed by atoms with Crippen molar-refractivity contribution in [2.24, 2.45) is 0 Å². The van der Waals surface area contributed by atoms with Crippen LogP contribution in [0.3, 0.4) is 0 Å². The van der Waals surface area contributed by atoms with Crippen molar-refractivity contribution in [2.75, 3.05) is 6.54 Å². The van der Waals surface area contributed by atoms with Crippen molar-refractivity contribution < 1.29 is 0 Å². The van der Waals surface area contributed by atoms with E-state index in [4.69, 9.17) is 4.98 Å². The molecule has 0 radical (unpaired) electrons. The number of H-pyrrole nitrogens is 1. The van der Waals surface area contributed by atoms with Crippen molar-refractivity contribution in [3.05, 3.63) is 86.9 Å². The Balaban J connectivity index is 1.41. The number of nitrogens with zero attached hydrogens (tertiary/aromatic N) is 4. The Hall–Kier alpha value is -3.16. The predicted octanol–water partition coefficient (Wildman–Crippen LogP) is 3.51. The average Bonchev–Trinajstić information content (AvgIpc) is 3.30. The van der Waals surface area contributed by atoms with E-state index in [1.165, 1.54) is 5.56 Å². The first kappa shape index (κ1) is 17.9. The fraction of sp³-hybridized carbons (Fsp3) is 0.182. The van der Waals surface area contributed by atoms with Gasteiger partial charge in [-0.2, -0.15) is 11.3 Å². The zero-order valence-corrected chi connectivity index (χ0v) is 16.5.